The quantitative estimate of drug-likeness (QED) is 0.753. The van der Waals surface area contributed by atoms with E-state index in [1.165, 1.54) is 6.92 Å². The highest BCUT2D eigenvalue weighted by Crippen LogP contribution is 2.22. The van der Waals surface area contributed by atoms with Gasteiger partial charge in [0.25, 0.3) is 0 Å². The Balaban J connectivity index is 2.39. The van der Waals surface area contributed by atoms with Crippen LogP contribution in [0.5, 0.6) is 0 Å². The molecule has 0 fully saturated rings. The molecule has 0 aliphatic rings. The van der Waals surface area contributed by atoms with Crippen molar-refractivity contribution >= 4 is 17.3 Å². The first-order chi connectivity index (χ1) is 7.66. The molecular weight excluding hydrogens is 202 g/mol. The summed E-state index contributed by atoms with van der Waals surface area (Å²) < 4.78 is 1.95. The van der Waals surface area contributed by atoms with Crippen molar-refractivity contribution in [3.05, 3.63) is 42.7 Å². The minimum Gasteiger partial charge on any atom is -0.397 e. The maximum Gasteiger partial charge on any atom is 0.221 e. The zero-order valence-corrected chi connectivity index (χ0v) is 8.97. The van der Waals surface area contributed by atoms with Gasteiger partial charge in [-0.25, -0.2) is 0 Å². The van der Waals surface area contributed by atoms with Gasteiger partial charge in [-0.2, -0.15) is 0 Å². The van der Waals surface area contributed by atoms with Crippen molar-refractivity contribution in [2.75, 3.05) is 11.1 Å². The number of carbonyl (C=O) groups excluding carboxylic acids is 1. The summed E-state index contributed by atoms with van der Waals surface area (Å²) in [4.78, 5) is 11.0. The lowest BCUT2D eigenvalue weighted by Gasteiger charge is -2.09. The van der Waals surface area contributed by atoms with E-state index in [1.807, 2.05) is 41.2 Å². The van der Waals surface area contributed by atoms with Crippen LogP contribution in [-0.2, 0) is 4.79 Å². The first-order valence-electron chi connectivity index (χ1n) is 4.97. The lowest BCUT2D eigenvalue weighted by molar-refractivity contribution is -0.114. The van der Waals surface area contributed by atoms with E-state index in [1.54, 1.807) is 6.07 Å². The van der Waals surface area contributed by atoms with E-state index >= 15 is 0 Å². The van der Waals surface area contributed by atoms with Gasteiger partial charge in [0.05, 0.1) is 11.4 Å². The van der Waals surface area contributed by atoms with Crippen molar-refractivity contribution in [2.45, 2.75) is 6.92 Å². The number of hydrogen-bond donors (Lipinski definition) is 2. The average Bonchev–Trinajstić information content (AvgIpc) is 2.73. The number of nitrogens with two attached hydrogens (primary N) is 1. The fourth-order valence-electron chi connectivity index (χ4n) is 1.51. The Hall–Kier alpha value is -2.23. The molecule has 1 aromatic heterocycles. The van der Waals surface area contributed by atoms with Crippen LogP contribution < -0.4 is 11.1 Å². The minimum atomic E-state index is -0.128. The van der Waals surface area contributed by atoms with Crippen LogP contribution in [0.1, 0.15) is 6.92 Å². The molecule has 16 heavy (non-hydrogen) atoms. The van der Waals surface area contributed by atoms with Gasteiger partial charge in [0, 0.05) is 25.0 Å². The Labute approximate surface area is 93.7 Å². The number of rotatable bonds is 2. The first-order valence-corrected chi connectivity index (χ1v) is 4.97. The van der Waals surface area contributed by atoms with Crippen molar-refractivity contribution < 1.29 is 4.79 Å². The van der Waals surface area contributed by atoms with Crippen LogP contribution in [0, 0.1) is 0 Å². The molecule has 0 unspecified atom stereocenters. The lowest BCUT2D eigenvalue weighted by Crippen LogP contribution is -2.08. The normalized spacial score (nSPS) is 10.1. The number of carbonyl (C=O) groups is 1. The predicted molar refractivity (Wildman–Crippen MR) is 64.5 cm³/mol. The molecule has 0 aliphatic carbocycles. The monoisotopic (exact) mass is 215 g/mol. The van der Waals surface area contributed by atoms with E-state index in [0.29, 0.717) is 11.4 Å². The van der Waals surface area contributed by atoms with Gasteiger partial charge in [-0.15, -0.1) is 0 Å². The summed E-state index contributed by atoms with van der Waals surface area (Å²) in [6.07, 6.45) is 3.87. The standard InChI is InChI=1S/C12H13N3O/c1-9(16)14-12-8-10(4-5-11(12)13)15-6-2-3-7-15/h2-8H,13H2,1H3,(H,14,16). The van der Waals surface area contributed by atoms with E-state index in [9.17, 15) is 4.79 Å². The van der Waals surface area contributed by atoms with Gasteiger partial charge in [0.15, 0.2) is 0 Å². The summed E-state index contributed by atoms with van der Waals surface area (Å²) in [5.41, 5.74) is 7.93. The Kier molecular flexibility index (Phi) is 2.64. The number of nitrogens with one attached hydrogen (secondary N) is 1. The van der Waals surface area contributed by atoms with Crippen LogP contribution in [0.4, 0.5) is 11.4 Å². The summed E-state index contributed by atoms with van der Waals surface area (Å²) in [5, 5.41) is 2.70. The lowest BCUT2D eigenvalue weighted by atomic mass is 10.2. The Morgan fingerprint density at radius 2 is 2.00 bits per heavy atom. The molecule has 0 saturated heterocycles. The highest BCUT2D eigenvalue weighted by atomic mass is 16.1. The third-order valence-electron chi connectivity index (χ3n) is 2.25. The molecule has 82 valence electrons. The van der Waals surface area contributed by atoms with E-state index in [2.05, 4.69) is 5.32 Å². The molecule has 0 saturated carbocycles. The highest BCUT2D eigenvalue weighted by Gasteiger charge is 2.03. The van der Waals surface area contributed by atoms with E-state index in [4.69, 9.17) is 5.73 Å². The van der Waals surface area contributed by atoms with E-state index in [0.717, 1.165) is 5.69 Å². The third-order valence-corrected chi connectivity index (χ3v) is 2.25. The fourth-order valence-corrected chi connectivity index (χ4v) is 1.51. The van der Waals surface area contributed by atoms with Gasteiger partial charge in [0.1, 0.15) is 0 Å². The zero-order chi connectivity index (χ0) is 11.5. The van der Waals surface area contributed by atoms with Crippen molar-refractivity contribution in [1.82, 2.24) is 4.57 Å². The van der Waals surface area contributed by atoms with Crippen molar-refractivity contribution in [3.63, 3.8) is 0 Å². The third kappa shape index (κ3) is 2.06. The molecule has 1 heterocycles. The number of aromatic nitrogens is 1. The van der Waals surface area contributed by atoms with Crippen LogP contribution >= 0.6 is 0 Å². The topological polar surface area (TPSA) is 60.0 Å². The van der Waals surface area contributed by atoms with Crippen molar-refractivity contribution in [1.29, 1.82) is 0 Å². The number of amides is 1. The average molecular weight is 215 g/mol. The smallest absolute Gasteiger partial charge is 0.221 e. The second-order valence-corrected chi connectivity index (χ2v) is 3.54. The maximum atomic E-state index is 11.0. The van der Waals surface area contributed by atoms with Gasteiger partial charge in [-0.1, -0.05) is 0 Å². The van der Waals surface area contributed by atoms with Crippen LogP contribution in [0.3, 0.4) is 0 Å². The molecule has 3 N–H and O–H groups in total. The summed E-state index contributed by atoms with van der Waals surface area (Å²) >= 11 is 0. The number of nitrogen functional groups attached to an aromatic ring is 1. The molecule has 0 bridgehead atoms. The van der Waals surface area contributed by atoms with E-state index < -0.39 is 0 Å². The SMILES string of the molecule is CC(=O)Nc1cc(-n2cccc2)ccc1N. The van der Waals surface area contributed by atoms with Crippen molar-refractivity contribution in [3.8, 4) is 5.69 Å². The number of hydrogen-bond acceptors (Lipinski definition) is 2. The molecule has 2 aromatic rings. The molecule has 0 radical (unpaired) electrons. The van der Waals surface area contributed by atoms with Crippen LogP contribution in [0.2, 0.25) is 0 Å². The highest BCUT2D eigenvalue weighted by molar-refractivity contribution is 5.92. The summed E-state index contributed by atoms with van der Waals surface area (Å²) in [5.74, 6) is -0.128. The molecule has 1 aromatic carbocycles. The van der Waals surface area contributed by atoms with Crippen molar-refractivity contribution in [2.24, 2.45) is 0 Å². The second kappa shape index (κ2) is 4.10. The molecule has 0 spiro atoms. The molecule has 1 amide bonds. The van der Waals surface area contributed by atoms with Crippen LogP contribution in [0.25, 0.3) is 5.69 Å². The molecule has 2 rings (SSSR count). The fraction of sp³-hybridized carbons (Fsp3) is 0.0833. The number of nitrogens with zero attached hydrogens (tertiary/aromatic N) is 1. The Morgan fingerprint density at radius 1 is 1.31 bits per heavy atom. The number of benzene rings is 1. The largest absolute Gasteiger partial charge is 0.397 e. The molecule has 0 atom stereocenters. The van der Waals surface area contributed by atoms with Gasteiger partial charge in [-0.3, -0.25) is 4.79 Å². The second-order valence-electron chi connectivity index (χ2n) is 3.54. The van der Waals surface area contributed by atoms with Gasteiger partial charge < -0.3 is 15.6 Å². The maximum absolute atomic E-state index is 11.0. The minimum absolute atomic E-state index is 0.128. The van der Waals surface area contributed by atoms with Crippen LogP contribution in [0.15, 0.2) is 42.7 Å². The molecule has 4 nitrogen and oxygen atoms in total. The number of anilines is 2. The zero-order valence-electron chi connectivity index (χ0n) is 8.97. The molecule has 4 heteroatoms. The predicted octanol–water partition coefficient (Wildman–Crippen LogP) is 2.02. The van der Waals surface area contributed by atoms with Crippen LogP contribution in [-0.4, -0.2) is 10.5 Å². The Bertz CT molecular complexity index is 503. The van der Waals surface area contributed by atoms with E-state index in [-0.39, 0.29) is 5.91 Å². The molecule has 0 aliphatic heterocycles. The molecular formula is C12H13N3O. The summed E-state index contributed by atoms with van der Waals surface area (Å²) in [6.45, 7) is 1.46. The summed E-state index contributed by atoms with van der Waals surface area (Å²) in [7, 11) is 0. The van der Waals surface area contributed by atoms with Gasteiger partial charge >= 0.3 is 0 Å². The Morgan fingerprint density at radius 3 is 2.62 bits per heavy atom. The summed E-state index contributed by atoms with van der Waals surface area (Å²) in [6, 6.07) is 9.40. The van der Waals surface area contributed by atoms with Gasteiger partial charge in [-0.05, 0) is 30.3 Å². The van der Waals surface area contributed by atoms with Gasteiger partial charge in [0.2, 0.25) is 5.91 Å². The first kappa shape index (κ1) is 10.3.